The lowest BCUT2D eigenvalue weighted by molar-refractivity contribution is -0.137. The number of aliphatic hydroxyl groups is 1. The zero-order valence-corrected chi connectivity index (χ0v) is 17.1. The average Bonchev–Trinajstić information content (AvgIpc) is 3.40. The van der Waals surface area contributed by atoms with Crippen molar-refractivity contribution in [3.8, 4) is 11.5 Å². The van der Waals surface area contributed by atoms with Gasteiger partial charge >= 0.3 is 0 Å². The number of fused-ring (bicyclic) bond motifs is 4. The molecule has 2 aromatic carbocycles. The van der Waals surface area contributed by atoms with Crippen LogP contribution < -0.4 is 14.8 Å². The zero-order chi connectivity index (χ0) is 20.8. The molecule has 1 aromatic heterocycles. The van der Waals surface area contributed by atoms with E-state index in [4.69, 9.17) is 21.1 Å². The SMILES string of the molecule is CNC(O)[C@H]1Cc2c([nH]c3ccccc23)[C@@H](c2ccc3c(c2)OCO3)N1C(=O)CCl. The number of aromatic nitrogens is 1. The summed E-state index contributed by atoms with van der Waals surface area (Å²) >= 11 is 6.00. The average molecular weight is 428 g/mol. The Morgan fingerprint density at radius 1 is 1.30 bits per heavy atom. The van der Waals surface area contributed by atoms with Gasteiger partial charge in [-0.2, -0.15) is 0 Å². The van der Waals surface area contributed by atoms with Crippen molar-refractivity contribution >= 4 is 28.4 Å². The van der Waals surface area contributed by atoms with Crippen molar-refractivity contribution in [2.75, 3.05) is 19.7 Å². The number of halogens is 1. The summed E-state index contributed by atoms with van der Waals surface area (Å²) in [5, 5.41) is 14.7. The third-order valence-corrected chi connectivity index (χ3v) is 6.17. The molecule has 3 heterocycles. The summed E-state index contributed by atoms with van der Waals surface area (Å²) in [5.41, 5.74) is 3.86. The van der Waals surface area contributed by atoms with Crippen molar-refractivity contribution in [2.45, 2.75) is 24.7 Å². The Morgan fingerprint density at radius 2 is 2.10 bits per heavy atom. The van der Waals surface area contributed by atoms with Gasteiger partial charge in [0.1, 0.15) is 12.1 Å². The lowest BCUT2D eigenvalue weighted by atomic mass is 9.87. The van der Waals surface area contributed by atoms with Gasteiger partial charge in [0.15, 0.2) is 11.5 Å². The van der Waals surface area contributed by atoms with Crippen LogP contribution in [-0.4, -0.2) is 52.9 Å². The minimum atomic E-state index is -0.907. The Morgan fingerprint density at radius 3 is 2.90 bits per heavy atom. The summed E-state index contributed by atoms with van der Waals surface area (Å²) in [5.74, 6) is 0.889. The number of hydrogen-bond donors (Lipinski definition) is 3. The number of likely N-dealkylation sites (N-methyl/N-ethyl adjacent to an activating group) is 1. The largest absolute Gasteiger partial charge is 0.454 e. The standard InChI is InChI=1S/C22H22ClN3O4/c1-24-22(28)16-9-14-13-4-2-3-5-15(13)25-20(14)21(26(16)19(27)10-23)12-6-7-17-18(8-12)30-11-29-17/h2-8,16,21-22,24-25,28H,9-11H2,1H3/t16-,21-,22?/m1/s1. The second-order valence-corrected chi connectivity index (χ2v) is 7.78. The van der Waals surface area contributed by atoms with Gasteiger partial charge in [0.2, 0.25) is 12.7 Å². The molecule has 3 aromatic rings. The van der Waals surface area contributed by atoms with Gasteiger partial charge < -0.3 is 24.5 Å². The Labute approximate surface area is 178 Å². The molecule has 0 bridgehead atoms. The van der Waals surface area contributed by atoms with Gasteiger partial charge in [-0.1, -0.05) is 24.3 Å². The number of benzene rings is 2. The summed E-state index contributed by atoms with van der Waals surface area (Å²) < 4.78 is 11.0. The van der Waals surface area contributed by atoms with Crippen LogP contribution in [0.15, 0.2) is 42.5 Å². The van der Waals surface area contributed by atoms with Gasteiger partial charge in [-0.15, -0.1) is 11.6 Å². The molecule has 1 unspecified atom stereocenters. The van der Waals surface area contributed by atoms with Crippen LogP contribution >= 0.6 is 11.6 Å². The summed E-state index contributed by atoms with van der Waals surface area (Å²) in [6.45, 7) is 0.173. The second-order valence-electron chi connectivity index (χ2n) is 7.52. The number of rotatable bonds is 4. The van der Waals surface area contributed by atoms with Crippen LogP contribution in [0.5, 0.6) is 11.5 Å². The lowest BCUT2D eigenvalue weighted by Crippen LogP contribution is -2.56. The molecule has 8 heteroatoms. The minimum absolute atomic E-state index is 0.173. The maximum absolute atomic E-state index is 13.0. The molecule has 3 atom stereocenters. The molecular formula is C22H22ClN3O4. The summed E-state index contributed by atoms with van der Waals surface area (Å²) in [6.07, 6.45) is -0.402. The number of ether oxygens (including phenoxy) is 2. The minimum Gasteiger partial charge on any atom is -0.454 e. The number of alkyl halides is 1. The highest BCUT2D eigenvalue weighted by molar-refractivity contribution is 6.27. The molecule has 0 aliphatic carbocycles. The summed E-state index contributed by atoms with van der Waals surface area (Å²) in [4.78, 5) is 18.2. The van der Waals surface area contributed by atoms with Crippen molar-refractivity contribution in [1.82, 2.24) is 15.2 Å². The highest BCUT2D eigenvalue weighted by Gasteiger charge is 2.43. The number of H-pyrrole nitrogens is 1. The smallest absolute Gasteiger partial charge is 0.238 e. The number of carbonyl (C=O) groups excluding carboxylic acids is 1. The molecule has 1 amide bonds. The quantitative estimate of drug-likeness (QED) is 0.440. The van der Waals surface area contributed by atoms with Crippen LogP contribution in [0.25, 0.3) is 10.9 Å². The lowest BCUT2D eigenvalue weighted by Gasteiger charge is -2.44. The molecular weight excluding hydrogens is 406 g/mol. The predicted molar refractivity (Wildman–Crippen MR) is 113 cm³/mol. The topological polar surface area (TPSA) is 86.8 Å². The first kappa shape index (κ1) is 19.2. The molecule has 0 radical (unpaired) electrons. The highest BCUT2D eigenvalue weighted by atomic mass is 35.5. The molecule has 0 saturated carbocycles. The third-order valence-electron chi connectivity index (χ3n) is 5.94. The van der Waals surface area contributed by atoms with Gasteiger partial charge in [-0.25, -0.2) is 0 Å². The van der Waals surface area contributed by atoms with Gasteiger partial charge in [0.05, 0.1) is 12.1 Å². The fraction of sp³-hybridized carbons (Fsp3) is 0.318. The Hall–Kier alpha value is -2.74. The van der Waals surface area contributed by atoms with Crippen molar-refractivity contribution in [2.24, 2.45) is 0 Å². The van der Waals surface area contributed by atoms with Crippen molar-refractivity contribution in [1.29, 1.82) is 0 Å². The first-order valence-electron chi connectivity index (χ1n) is 9.84. The third kappa shape index (κ3) is 2.93. The molecule has 156 valence electrons. The van der Waals surface area contributed by atoms with Gasteiger partial charge in [0, 0.05) is 16.6 Å². The molecule has 3 N–H and O–H groups in total. The number of aliphatic hydroxyl groups excluding tert-OH is 1. The Kier molecular flexibility index (Phi) is 4.81. The van der Waals surface area contributed by atoms with Crippen LogP contribution in [0.1, 0.15) is 22.9 Å². The number of para-hydroxylation sites is 1. The molecule has 7 nitrogen and oxygen atoms in total. The molecule has 0 spiro atoms. The van der Waals surface area contributed by atoms with E-state index in [2.05, 4.69) is 16.4 Å². The van der Waals surface area contributed by atoms with E-state index in [1.165, 1.54) is 0 Å². The number of nitrogens with zero attached hydrogens (tertiary/aromatic N) is 1. The molecule has 30 heavy (non-hydrogen) atoms. The zero-order valence-electron chi connectivity index (χ0n) is 16.4. The number of nitrogens with one attached hydrogen (secondary N) is 2. The summed E-state index contributed by atoms with van der Waals surface area (Å²) in [6, 6.07) is 12.8. The van der Waals surface area contributed by atoms with E-state index < -0.39 is 18.3 Å². The van der Waals surface area contributed by atoms with E-state index in [0.29, 0.717) is 17.9 Å². The van der Waals surface area contributed by atoms with Crippen LogP contribution in [-0.2, 0) is 11.2 Å². The number of amides is 1. The maximum atomic E-state index is 13.0. The Balaban J connectivity index is 1.74. The van der Waals surface area contributed by atoms with Crippen molar-refractivity contribution in [3.05, 3.63) is 59.3 Å². The van der Waals surface area contributed by atoms with E-state index in [-0.39, 0.29) is 18.6 Å². The maximum Gasteiger partial charge on any atom is 0.238 e. The first-order chi connectivity index (χ1) is 14.6. The molecule has 2 aliphatic heterocycles. The molecule has 0 saturated heterocycles. The van der Waals surface area contributed by atoms with Crippen LogP contribution in [0, 0.1) is 0 Å². The fourth-order valence-corrected chi connectivity index (χ4v) is 4.71. The monoisotopic (exact) mass is 427 g/mol. The normalized spacial score (nSPS) is 21.0. The van der Waals surface area contributed by atoms with E-state index in [1.54, 1.807) is 11.9 Å². The van der Waals surface area contributed by atoms with Gasteiger partial charge in [-0.3, -0.25) is 10.1 Å². The predicted octanol–water partition coefficient (Wildman–Crippen LogP) is 2.52. The van der Waals surface area contributed by atoms with Gasteiger partial charge in [0.25, 0.3) is 0 Å². The highest BCUT2D eigenvalue weighted by Crippen LogP contribution is 2.44. The van der Waals surface area contributed by atoms with Crippen LogP contribution in [0.3, 0.4) is 0 Å². The van der Waals surface area contributed by atoms with Crippen LogP contribution in [0.2, 0.25) is 0 Å². The van der Waals surface area contributed by atoms with E-state index >= 15 is 0 Å². The van der Waals surface area contributed by atoms with E-state index in [0.717, 1.165) is 27.7 Å². The number of hydrogen-bond acceptors (Lipinski definition) is 5. The molecule has 2 aliphatic rings. The van der Waals surface area contributed by atoms with Gasteiger partial charge in [-0.05, 0) is 42.8 Å². The van der Waals surface area contributed by atoms with Crippen molar-refractivity contribution in [3.63, 3.8) is 0 Å². The second kappa shape index (κ2) is 7.50. The van der Waals surface area contributed by atoms with E-state index in [9.17, 15) is 9.90 Å². The van der Waals surface area contributed by atoms with Crippen LogP contribution in [0.4, 0.5) is 0 Å². The summed E-state index contributed by atoms with van der Waals surface area (Å²) in [7, 11) is 1.67. The van der Waals surface area contributed by atoms with E-state index in [1.807, 2.05) is 36.4 Å². The number of carbonyl (C=O) groups is 1. The van der Waals surface area contributed by atoms with Crippen molar-refractivity contribution < 1.29 is 19.4 Å². The number of aromatic amines is 1. The molecule has 0 fully saturated rings. The Bertz CT molecular complexity index is 1110. The molecule has 5 rings (SSSR count). The fourth-order valence-electron chi connectivity index (χ4n) is 4.58. The first-order valence-corrected chi connectivity index (χ1v) is 10.4.